The molecule has 0 bridgehead atoms. The van der Waals surface area contributed by atoms with Crippen molar-refractivity contribution >= 4 is 0 Å². The molecule has 24 heavy (non-hydrogen) atoms. The Morgan fingerprint density at radius 2 is 2.12 bits per heavy atom. The monoisotopic (exact) mass is 322 g/mol. The van der Waals surface area contributed by atoms with Crippen LogP contribution >= 0.6 is 0 Å². The highest BCUT2D eigenvalue weighted by molar-refractivity contribution is 5.59. The molecule has 1 atom stereocenters. The first-order chi connectivity index (χ1) is 11.7. The lowest BCUT2D eigenvalue weighted by molar-refractivity contribution is 0.184. The molecule has 3 aromatic rings. The number of rotatable bonds is 4. The molecule has 0 saturated heterocycles. The third kappa shape index (κ3) is 3.54. The summed E-state index contributed by atoms with van der Waals surface area (Å²) in [5, 5.41) is 13.8. The van der Waals surface area contributed by atoms with Crippen LogP contribution in [0.2, 0.25) is 0 Å². The van der Waals surface area contributed by atoms with Crippen molar-refractivity contribution in [3.8, 4) is 23.2 Å². The molecule has 0 spiro atoms. The molecule has 0 aliphatic heterocycles. The van der Waals surface area contributed by atoms with Crippen LogP contribution in [-0.2, 0) is 6.54 Å². The quantitative estimate of drug-likeness (QED) is 0.717. The molecule has 0 aliphatic carbocycles. The number of hydrogen-bond acceptors (Lipinski definition) is 5. The molecule has 2 aromatic heterocycles. The molecule has 3 N–H and O–H groups in total. The number of imidazole rings is 1. The van der Waals surface area contributed by atoms with Crippen LogP contribution in [0.4, 0.5) is 0 Å². The highest BCUT2D eigenvalue weighted by Crippen LogP contribution is 2.21. The average Bonchev–Trinajstić information content (AvgIpc) is 3.23. The minimum atomic E-state index is -0.631. The van der Waals surface area contributed by atoms with Crippen molar-refractivity contribution in [3.05, 3.63) is 59.8 Å². The van der Waals surface area contributed by atoms with Crippen molar-refractivity contribution in [3.63, 3.8) is 0 Å². The second-order valence-corrected chi connectivity index (χ2v) is 5.36. The molecule has 3 rings (SSSR count). The zero-order chi connectivity index (χ0) is 16.9. The second kappa shape index (κ2) is 7.13. The molecule has 1 unspecified atom stereocenters. The summed E-state index contributed by atoms with van der Waals surface area (Å²) in [5.74, 6) is 7.08. The maximum Gasteiger partial charge on any atom is 0.167 e. The van der Waals surface area contributed by atoms with Crippen LogP contribution in [-0.4, -0.2) is 26.4 Å². The molecular formula is C18H18N4O2. The summed E-state index contributed by atoms with van der Waals surface area (Å²) in [6, 6.07) is 9.59. The summed E-state index contributed by atoms with van der Waals surface area (Å²) in [4.78, 5) is 4.14. The largest absolute Gasteiger partial charge is 0.385 e. The molecule has 2 heterocycles. The lowest BCUT2D eigenvalue weighted by Crippen LogP contribution is -2.07. The van der Waals surface area contributed by atoms with E-state index in [1.807, 2.05) is 34.9 Å². The van der Waals surface area contributed by atoms with Crippen molar-refractivity contribution < 1.29 is 9.63 Å². The van der Waals surface area contributed by atoms with Crippen LogP contribution in [0.1, 0.15) is 30.1 Å². The van der Waals surface area contributed by atoms with Crippen LogP contribution < -0.4 is 5.73 Å². The Hall–Kier alpha value is -2.88. The molecule has 6 nitrogen and oxygen atoms in total. The minimum Gasteiger partial charge on any atom is -0.385 e. The standard InChI is InChI=1S/C18H18N4O2/c1-13(23)18-20-9-10-22(18)12-16-11-17(24-21-16)15-6-4-14(5-7-15)3-2-8-19/h4-7,9-11,13,23H,8,12,19H2,1H3. The van der Waals surface area contributed by atoms with E-state index in [1.165, 1.54) is 0 Å². The molecule has 0 aliphatic rings. The van der Waals surface area contributed by atoms with Gasteiger partial charge in [-0.25, -0.2) is 4.98 Å². The molecule has 0 saturated carbocycles. The fourth-order valence-electron chi connectivity index (χ4n) is 2.39. The number of aromatic nitrogens is 3. The summed E-state index contributed by atoms with van der Waals surface area (Å²) in [5.41, 5.74) is 7.96. The van der Waals surface area contributed by atoms with Crippen molar-refractivity contribution in [2.45, 2.75) is 19.6 Å². The van der Waals surface area contributed by atoms with Crippen LogP contribution in [0.5, 0.6) is 0 Å². The van der Waals surface area contributed by atoms with E-state index in [0.29, 0.717) is 24.7 Å². The third-order valence-electron chi connectivity index (χ3n) is 3.52. The zero-order valence-corrected chi connectivity index (χ0v) is 13.3. The Bertz CT molecular complexity index is 866. The average molecular weight is 322 g/mol. The van der Waals surface area contributed by atoms with Gasteiger partial charge in [-0.15, -0.1) is 0 Å². The van der Waals surface area contributed by atoms with Crippen LogP contribution in [0.3, 0.4) is 0 Å². The van der Waals surface area contributed by atoms with Gasteiger partial charge in [-0.3, -0.25) is 0 Å². The van der Waals surface area contributed by atoms with Gasteiger partial charge in [0.05, 0.1) is 13.1 Å². The van der Waals surface area contributed by atoms with Crippen LogP contribution in [0.15, 0.2) is 47.2 Å². The van der Waals surface area contributed by atoms with Gasteiger partial charge in [-0.1, -0.05) is 17.0 Å². The predicted molar refractivity (Wildman–Crippen MR) is 89.8 cm³/mol. The van der Waals surface area contributed by atoms with E-state index >= 15 is 0 Å². The van der Waals surface area contributed by atoms with Crippen molar-refractivity contribution in [2.75, 3.05) is 6.54 Å². The van der Waals surface area contributed by atoms with E-state index in [4.69, 9.17) is 10.3 Å². The summed E-state index contributed by atoms with van der Waals surface area (Å²) in [6.07, 6.45) is 2.83. The summed E-state index contributed by atoms with van der Waals surface area (Å²) >= 11 is 0. The molecule has 0 amide bonds. The summed E-state index contributed by atoms with van der Waals surface area (Å²) in [6.45, 7) is 2.52. The SMILES string of the molecule is CC(O)c1nccn1Cc1cc(-c2ccc(C#CCN)cc2)on1. The highest BCUT2D eigenvalue weighted by atomic mass is 16.5. The topological polar surface area (TPSA) is 90.1 Å². The molecule has 122 valence electrons. The van der Waals surface area contributed by atoms with Crippen LogP contribution in [0.25, 0.3) is 11.3 Å². The Morgan fingerprint density at radius 3 is 2.83 bits per heavy atom. The minimum absolute atomic E-state index is 0.343. The maximum atomic E-state index is 9.70. The van der Waals surface area contributed by atoms with Gasteiger partial charge in [0, 0.05) is 29.6 Å². The van der Waals surface area contributed by atoms with Crippen LogP contribution in [0, 0.1) is 11.8 Å². The maximum absolute atomic E-state index is 9.70. The zero-order valence-electron chi connectivity index (χ0n) is 13.3. The normalized spacial score (nSPS) is 11.8. The Labute approximate surface area is 139 Å². The lowest BCUT2D eigenvalue weighted by Gasteiger charge is -2.07. The number of nitrogens with zero attached hydrogens (tertiary/aromatic N) is 3. The van der Waals surface area contributed by atoms with Gasteiger partial charge in [0.15, 0.2) is 5.76 Å². The Balaban J connectivity index is 1.77. The second-order valence-electron chi connectivity index (χ2n) is 5.36. The number of aliphatic hydroxyl groups is 1. The molecule has 1 aromatic carbocycles. The van der Waals surface area contributed by atoms with Gasteiger partial charge in [0.2, 0.25) is 0 Å². The third-order valence-corrected chi connectivity index (χ3v) is 3.52. The predicted octanol–water partition coefficient (Wildman–Crippen LogP) is 1.95. The van der Waals surface area contributed by atoms with E-state index in [2.05, 4.69) is 22.0 Å². The fraction of sp³-hybridized carbons (Fsp3) is 0.222. The Morgan fingerprint density at radius 1 is 1.33 bits per heavy atom. The van der Waals surface area contributed by atoms with E-state index in [9.17, 15) is 5.11 Å². The Kier molecular flexibility index (Phi) is 4.75. The van der Waals surface area contributed by atoms with E-state index in [-0.39, 0.29) is 0 Å². The number of aliphatic hydroxyl groups excluding tert-OH is 1. The highest BCUT2D eigenvalue weighted by Gasteiger charge is 2.12. The summed E-state index contributed by atoms with van der Waals surface area (Å²) < 4.78 is 7.26. The number of benzene rings is 1. The molecule has 0 fully saturated rings. The first-order valence-electron chi connectivity index (χ1n) is 7.61. The number of hydrogen-bond donors (Lipinski definition) is 2. The molecule has 0 radical (unpaired) electrons. The lowest BCUT2D eigenvalue weighted by atomic mass is 10.1. The van der Waals surface area contributed by atoms with Crippen molar-refractivity contribution in [2.24, 2.45) is 5.73 Å². The fourth-order valence-corrected chi connectivity index (χ4v) is 2.39. The van der Waals surface area contributed by atoms with Crippen molar-refractivity contribution in [1.82, 2.24) is 14.7 Å². The van der Waals surface area contributed by atoms with Gasteiger partial charge in [0.1, 0.15) is 17.6 Å². The van der Waals surface area contributed by atoms with Crippen molar-refractivity contribution in [1.29, 1.82) is 0 Å². The smallest absolute Gasteiger partial charge is 0.167 e. The van der Waals surface area contributed by atoms with Gasteiger partial charge in [0.25, 0.3) is 0 Å². The number of nitrogens with two attached hydrogens (primary N) is 1. The molecule has 6 heteroatoms. The van der Waals surface area contributed by atoms with Gasteiger partial charge < -0.3 is 19.9 Å². The van der Waals surface area contributed by atoms with E-state index in [0.717, 1.165) is 16.8 Å². The van der Waals surface area contributed by atoms with Gasteiger partial charge in [-0.05, 0) is 31.2 Å². The van der Waals surface area contributed by atoms with Gasteiger partial charge in [-0.2, -0.15) is 0 Å². The van der Waals surface area contributed by atoms with E-state index < -0.39 is 6.10 Å². The summed E-state index contributed by atoms with van der Waals surface area (Å²) in [7, 11) is 0. The molecular weight excluding hydrogens is 304 g/mol. The first kappa shape index (κ1) is 16.0. The van der Waals surface area contributed by atoms with Gasteiger partial charge >= 0.3 is 0 Å². The first-order valence-corrected chi connectivity index (χ1v) is 7.61. The van der Waals surface area contributed by atoms with E-state index in [1.54, 1.807) is 19.3 Å².